The second-order valence-electron chi connectivity index (χ2n) is 4.70. The maximum atomic E-state index is 12.1. The second kappa shape index (κ2) is 6.32. The molecular formula is C10H16N3O7P. The summed E-state index contributed by atoms with van der Waals surface area (Å²) in [6.07, 6.45) is -2.74. The van der Waals surface area contributed by atoms with E-state index in [1.54, 1.807) is 0 Å². The van der Waals surface area contributed by atoms with Gasteiger partial charge in [-0.2, -0.15) is 0 Å². The normalized spacial score (nSPS) is 37.3. The number of aliphatic hydroxyl groups excluding tert-OH is 2. The lowest BCUT2D eigenvalue weighted by molar-refractivity contribution is -0.189. The Morgan fingerprint density at radius 3 is 2.81 bits per heavy atom. The Morgan fingerprint density at radius 2 is 2.19 bits per heavy atom. The van der Waals surface area contributed by atoms with Crippen LogP contribution in [0.25, 0.3) is 0 Å². The molecule has 2 amide bonds. The van der Waals surface area contributed by atoms with Crippen LogP contribution in [0.3, 0.4) is 0 Å². The SMILES string of the molecule is CN1C(=O)N([C@@H]2O[C@H](CO[P+](=O)[O-])[C@@H](O)[C@H]2O)C=CC1N. The zero-order chi connectivity index (χ0) is 15.7. The summed E-state index contributed by atoms with van der Waals surface area (Å²) in [6.45, 7) is -0.450. The Bertz CT molecular complexity index is 462. The van der Waals surface area contributed by atoms with Crippen LogP contribution in [0.15, 0.2) is 12.3 Å². The van der Waals surface area contributed by atoms with E-state index in [0.29, 0.717) is 0 Å². The van der Waals surface area contributed by atoms with Gasteiger partial charge in [0.15, 0.2) is 6.23 Å². The van der Waals surface area contributed by atoms with Crippen molar-refractivity contribution in [1.82, 2.24) is 9.80 Å². The lowest BCUT2D eigenvalue weighted by Crippen LogP contribution is -2.55. The van der Waals surface area contributed by atoms with Crippen molar-refractivity contribution in [3.63, 3.8) is 0 Å². The quantitative estimate of drug-likeness (QED) is 0.487. The van der Waals surface area contributed by atoms with Crippen LogP contribution in [-0.2, 0) is 13.8 Å². The van der Waals surface area contributed by atoms with E-state index in [9.17, 15) is 24.5 Å². The molecule has 2 aliphatic rings. The zero-order valence-electron chi connectivity index (χ0n) is 11.1. The van der Waals surface area contributed by atoms with Crippen LogP contribution < -0.4 is 10.6 Å². The molecule has 118 valence electrons. The molecule has 2 rings (SSSR count). The second-order valence-corrected chi connectivity index (χ2v) is 5.40. The Balaban J connectivity index is 2.09. The average Bonchev–Trinajstić information content (AvgIpc) is 2.71. The molecule has 10 nitrogen and oxygen atoms in total. The van der Waals surface area contributed by atoms with Gasteiger partial charge in [-0.05, 0) is 10.6 Å². The van der Waals surface area contributed by atoms with Crippen molar-refractivity contribution < 1.29 is 33.7 Å². The number of amides is 2. The van der Waals surface area contributed by atoms with Gasteiger partial charge in [-0.15, -0.1) is 4.52 Å². The van der Waals surface area contributed by atoms with Crippen molar-refractivity contribution in [2.24, 2.45) is 5.73 Å². The molecule has 21 heavy (non-hydrogen) atoms. The third-order valence-corrected chi connectivity index (χ3v) is 3.73. The molecule has 0 aliphatic carbocycles. The number of carbonyl (C=O) groups excluding carboxylic acids is 1. The number of urea groups is 1. The van der Waals surface area contributed by atoms with Crippen molar-refractivity contribution in [1.29, 1.82) is 0 Å². The highest BCUT2D eigenvalue weighted by molar-refractivity contribution is 7.30. The molecule has 6 atom stereocenters. The van der Waals surface area contributed by atoms with E-state index < -0.39 is 51.6 Å². The summed E-state index contributed by atoms with van der Waals surface area (Å²) in [7, 11) is -1.62. The van der Waals surface area contributed by atoms with Gasteiger partial charge in [0.25, 0.3) is 0 Å². The van der Waals surface area contributed by atoms with Crippen LogP contribution in [-0.4, -0.2) is 70.4 Å². The largest absolute Gasteiger partial charge is 0.566 e. The van der Waals surface area contributed by atoms with Crippen molar-refractivity contribution in [2.45, 2.75) is 30.7 Å². The van der Waals surface area contributed by atoms with Crippen LogP contribution in [0.4, 0.5) is 4.79 Å². The van der Waals surface area contributed by atoms with E-state index in [2.05, 4.69) is 4.52 Å². The summed E-state index contributed by atoms with van der Waals surface area (Å²) in [6, 6.07) is -0.516. The minimum absolute atomic E-state index is 0.450. The Hall–Kier alpha value is -1.13. The third kappa shape index (κ3) is 3.22. The lowest BCUT2D eigenvalue weighted by atomic mass is 10.1. The fourth-order valence-electron chi connectivity index (χ4n) is 2.11. The van der Waals surface area contributed by atoms with Crippen LogP contribution in [0.5, 0.6) is 0 Å². The van der Waals surface area contributed by atoms with E-state index >= 15 is 0 Å². The van der Waals surface area contributed by atoms with Gasteiger partial charge < -0.3 is 30.5 Å². The number of nitrogens with zero attached hydrogens (tertiary/aromatic N) is 2. The molecule has 0 aromatic heterocycles. The van der Waals surface area contributed by atoms with Crippen LogP contribution in [0, 0.1) is 0 Å². The molecule has 1 fully saturated rings. The monoisotopic (exact) mass is 321 g/mol. The van der Waals surface area contributed by atoms with Crippen LogP contribution in [0.2, 0.25) is 0 Å². The summed E-state index contributed by atoms with van der Waals surface area (Å²) in [5, 5.41) is 19.8. The number of carbonyl (C=O) groups is 1. The number of hydrogen-bond donors (Lipinski definition) is 3. The molecule has 1 saturated heterocycles. The van der Waals surface area contributed by atoms with E-state index in [4.69, 9.17) is 10.5 Å². The van der Waals surface area contributed by atoms with E-state index in [1.807, 2.05) is 0 Å². The van der Waals surface area contributed by atoms with Gasteiger partial charge >= 0.3 is 14.3 Å². The molecule has 2 aliphatic heterocycles. The van der Waals surface area contributed by atoms with Gasteiger partial charge in [0.1, 0.15) is 31.1 Å². The van der Waals surface area contributed by atoms with Crippen molar-refractivity contribution in [3.8, 4) is 0 Å². The smallest absolute Gasteiger partial charge is 0.488 e. The number of likely N-dealkylation sites (N-methyl/N-ethyl adjacent to an activating group) is 1. The first-order valence-electron chi connectivity index (χ1n) is 6.11. The topological polar surface area (TPSA) is 149 Å². The predicted molar refractivity (Wildman–Crippen MR) is 66.3 cm³/mol. The van der Waals surface area contributed by atoms with Crippen molar-refractivity contribution in [2.75, 3.05) is 13.7 Å². The van der Waals surface area contributed by atoms with E-state index in [0.717, 1.165) is 4.90 Å². The molecule has 2 unspecified atom stereocenters. The minimum Gasteiger partial charge on any atom is -0.566 e. The molecule has 2 heterocycles. The first-order valence-corrected chi connectivity index (χ1v) is 7.20. The number of aliphatic hydroxyl groups is 2. The Kier molecular flexibility index (Phi) is 4.89. The first-order chi connectivity index (χ1) is 9.82. The van der Waals surface area contributed by atoms with E-state index in [1.165, 1.54) is 24.2 Å². The van der Waals surface area contributed by atoms with Gasteiger partial charge in [0.05, 0.1) is 0 Å². The molecular weight excluding hydrogens is 305 g/mol. The maximum absolute atomic E-state index is 12.1. The van der Waals surface area contributed by atoms with E-state index in [-0.39, 0.29) is 0 Å². The average molecular weight is 321 g/mol. The first kappa shape index (κ1) is 16.2. The summed E-state index contributed by atoms with van der Waals surface area (Å²) >= 11 is 0. The highest BCUT2D eigenvalue weighted by atomic mass is 31.1. The van der Waals surface area contributed by atoms with Crippen molar-refractivity contribution in [3.05, 3.63) is 12.3 Å². The summed E-state index contributed by atoms with van der Waals surface area (Å²) < 4.78 is 20.1. The molecule has 4 N–H and O–H groups in total. The highest BCUT2D eigenvalue weighted by Gasteiger charge is 2.48. The molecule has 0 aromatic carbocycles. The van der Waals surface area contributed by atoms with Gasteiger partial charge in [0, 0.05) is 13.2 Å². The lowest BCUT2D eigenvalue weighted by Gasteiger charge is -2.36. The minimum atomic E-state index is -3.09. The highest BCUT2D eigenvalue weighted by Crippen LogP contribution is 2.28. The zero-order valence-corrected chi connectivity index (χ0v) is 12.0. The Labute approximate surface area is 121 Å². The number of rotatable bonds is 4. The summed E-state index contributed by atoms with van der Waals surface area (Å²) in [5.41, 5.74) is 5.65. The standard InChI is InChI=1S/C10H16N3O7P/c1-12-6(11)2-3-13(10(12)16)9-8(15)7(14)5(20-9)4-19-21(17)18/h2-3,5-9,14-15H,4,11H2,1H3/t5-,6?,7-,8-,9-/m1/s1. The van der Waals surface area contributed by atoms with Crippen LogP contribution >= 0.6 is 8.25 Å². The maximum Gasteiger partial charge on any atom is 0.488 e. The van der Waals surface area contributed by atoms with Gasteiger partial charge in [-0.1, -0.05) is 0 Å². The fraction of sp³-hybridized carbons (Fsp3) is 0.700. The van der Waals surface area contributed by atoms with Gasteiger partial charge in [-0.25, -0.2) is 4.79 Å². The van der Waals surface area contributed by atoms with Gasteiger partial charge in [0.2, 0.25) is 0 Å². The Morgan fingerprint density at radius 1 is 1.52 bits per heavy atom. The molecule has 0 bridgehead atoms. The number of hydrogen-bond acceptors (Lipinski definition) is 8. The summed E-state index contributed by atoms with van der Waals surface area (Å²) in [5.74, 6) is 0. The third-order valence-electron chi connectivity index (χ3n) is 3.37. The molecule has 0 aromatic rings. The molecule has 0 radical (unpaired) electrons. The number of nitrogens with two attached hydrogens (primary N) is 1. The molecule has 11 heteroatoms. The van der Waals surface area contributed by atoms with Crippen LogP contribution in [0.1, 0.15) is 0 Å². The molecule has 0 saturated carbocycles. The number of ether oxygens (including phenoxy) is 1. The van der Waals surface area contributed by atoms with Gasteiger partial charge in [-0.3, -0.25) is 4.90 Å². The summed E-state index contributed by atoms with van der Waals surface area (Å²) in [4.78, 5) is 24.7. The molecule has 0 spiro atoms. The fourth-order valence-corrected chi connectivity index (χ4v) is 2.38. The van der Waals surface area contributed by atoms with Crippen molar-refractivity contribution >= 4 is 14.3 Å². The predicted octanol–water partition coefficient (Wildman–Crippen LogP) is -2.37.